The summed E-state index contributed by atoms with van der Waals surface area (Å²) in [7, 11) is 1.70. The molecule has 0 aliphatic rings. The lowest BCUT2D eigenvalue weighted by Crippen LogP contribution is -1.89. The summed E-state index contributed by atoms with van der Waals surface area (Å²) in [4.78, 5) is 0.457. The Labute approximate surface area is 111 Å². The van der Waals surface area contributed by atoms with Crippen LogP contribution >= 0.6 is 15.9 Å². The van der Waals surface area contributed by atoms with E-state index in [0.29, 0.717) is 4.83 Å². The van der Waals surface area contributed by atoms with Crippen molar-refractivity contribution in [2.24, 2.45) is 0 Å². The Bertz CT molecular complexity index is 507. The van der Waals surface area contributed by atoms with E-state index in [2.05, 4.69) is 53.2 Å². The highest BCUT2D eigenvalue weighted by atomic mass is 79.9. The molecule has 0 spiro atoms. The van der Waals surface area contributed by atoms with Crippen LogP contribution in [0.5, 0.6) is 5.75 Å². The predicted molar refractivity (Wildman–Crippen MR) is 77.1 cm³/mol. The largest absolute Gasteiger partial charge is 0.497 e. The quantitative estimate of drug-likeness (QED) is 0.714. The van der Waals surface area contributed by atoms with E-state index >= 15 is 0 Å². The molecule has 0 bridgehead atoms. The highest BCUT2D eigenvalue weighted by Gasteiger charge is 2.07. The minimum absolute atomic E-state index is 0.457. The fourth-order valence-corrected chi connectivity index (χ4v) is 2.73. The molecule has 2 aromatic carbocycles. The van der Waals surface area contributed by atoms with Crippen molar-refractivity contribution in [3.05, 3.63) is 42.0 Å². The Morgan fingerprint density at radius 2 is 1.82 bits per heavy atom. The van der Waals surface area contributed by atoms with Crippen molar-refractivity contribution in [1.29, 1.82) is 0 Å². The van der Waals surface area contributed by atoms with Gasteiger partial charge >= 0.3 is 0 Å². The molecule has 0 aliphatic heterocycles. The van der Waals surface area contributed by atoms with Crippen LogP contribution in [0, 0.1) is 0 Å². The molecular weight excluding hydrogens is 276 g/mol. The fourth-order valence-electron chi connectivity index (χ4n) is 1.98. The van der Waals surface area contributed by atoms with Gasteiger partial charge < -0.3 is 4.74 Å². The maximum atomic E-state index is 5.23. The van der Waals surface area contributed by atoms with Gasteiger partial charge in [-0.3, -0.25) is 0 Å². The highest BCUT2D eigenvalue weighted by molar-refractivity contribution is 9.09. The van der Waals surface area contributed by atoms with Crippen LogP contribution in [0.4, 0.5) is 0 Å². The number of methoxy groups -OCH3 is 1. The summed E-state index contributed by atoms with van der Waals surface area (Å²) >= 11 is 3.74. The SMILES string of the molecule is CCCC(Br)c1ccc2cc(OC)ccc2c1. The normalized spacial score (nSPS) is 12.6. The molecule has 1 unspecified atom stereocenters. The summed E-state index contributed by atoms with van der Waals surface area (Å²) < 4.78 is 5.23. The Morgan fingerprint density at radius 1 is 1.12 bits per heavy atom. The Kier molecular flexibility index (Phi) is 4.06. The van der Waals surface area contributed by atoms with Crippen LogP contribution in [0.3, 0.4) is 0 Å². The van der Waals surface area contributed by atoms with Crippen molar-refractivity contribution in [3.8, 4) is 5.75 Å². The van der Waals surface area contributed by atoms with Crippen molar-refractivity contribution in [2.75, 3.05) is 7.11 Å². The lowest BCUT2D eigenvalue weighted by molar-refractivity contribution is 0.415. The number of hydrogen-bond acceptors (Lipinski definition) is 1. The number of halogens is 1. The van der Waals surface area contributed by atoms with E-state index in [1.807, 2.05) is 6.07 Å². The maximum Gasteiger partial charge on any atom is 0.119 e. The predicted octanol–water partition coefficient (Wildman–Crippen LogP) is 5.08. The van der Waals surface area contributed by atoms with E-state index in [9.17, 15) is 0 Å². The highest BCUT2D eigenvalue weighted by Crippen LogP contribution is 2.31. The zero-order chi connectivity index (χ0) is 12.3. The van der Waals surface area contributed by atoms with Gasteiger partial charge in [0.25, 0.3) is 0 Å². The number of hydrogen-bond donors (Lipinski definition) is 0. The molecule has 0 aromatic heterocycles. The molecule has 0 fully saturated rings. The first-order valence-corrected chi connectivity index (χ1v) is 6.88. The summed E-state index contributed by atoms with van der Waals surface area (Å²) in [6, 6.07) is 12.8. The average Bonchev–Trinajstić information content (AvgIpc) is 2.37. The number of benzene rings is 2. The van der Waals surface area contributed by atoms with Crippen LogP contribution in [0.2, 0.25) is 0 Å². The van der Waals surface area contributed by atoms with Gasteiger partial charge in [0.05, 0.1) is 7.11 Å². The summed E-state index contributed by atoms with van der Waals surface area (Å²) in [5.74, 6) is 0.911. The molecule has 0 saturated heterocycles. The van der Waals surface area contributed by atoms with E-state index in [1.165, 1.54) is 29.2 Å². The third-order valence-electron chi connectivity index (χ3n) is 2.98. The molecule has 0 aliphatic carbocycles. The van der Waals surface area contributed by atoms with Crippen LogP contribution in [0.1, 0.15) is 30.2 Å². The van der Waals surface area contributed by atoms with Gasteiger partial charge in [0.2, 0.25) is 0 Å². The smallest absolute Gasteiger partial charge is 0.119 e. The molecule has 2 aromatic rings. The van der Waals surface area contributed by atoms with E-state index in [0.717, 1.165) is 5.75 Å². The zero-order valence-electron chi connectivity index (χ0n) is 10.2. The molecular formula is C15H17BrO. The first-order valence-electron chi connectivity index (χ1n) is 5.96. The van der Waals surface area contributed by atoms with Crippen molar-refractivity contribution in [2.45, 2.75) is 24.6 Å². The van der Waals surface area contributed by atoms with Gasteiger partial charge in [-0.15, -0.1) is 0 Å². The van der Waals surface area contributed by atoms with Crippen LogP contribution in [0.25, 0.3) is 10.8 Å². The first kappa shape index (κ1) is 12.4. The number of fused-ring (bicyclic) bond motifs is 1. The average molecular weight is 293 g/mol. The molecule has 2 heteroatoms. The summed E-state index contributed by atoms with van der Waals surface area (Å²) in [6.45, 7) is 2.21. The number of rotatable bonds is 4. The van der Waals surface area contributed by atoms with E-state index in [-0.39, 0.29) is 0 Å². The van der Waals surface area contributed by atoms with E-state index in [1.54, 1.807) is 7.11 Å². The third-order valence-corrected chi connectivity index (χ3v) is 3.96. The molecule has 90 valence electrons. The molecule has 0 N–H and O–H groups in total. The monoisotopic (exact) mass is 292 g/mol. The minimum atomic E-state index is 0.457. The second kappa shape index (κ2) is 5.54. The molecule has 1 nitrogen and oxygen atoms in total. The lowest BCUT2D eigenvalue weighted by Gasteiger charge is -2.10. The maximum absolute atomic E-state index is 5.23. The Hall–Kier alpha value is -1.02. The van der Waals surface area contributed by atoms with Crippen molar-refractivity contribution < 1.29 is 4.74 Å². The molecule has 0 amide bonds. The van der Waals surface area contributed by atoms with Crippen LogP contribution in [-0.2, 0) is 0 Å². The minimum Gasteiger partial charge on any atom is -0.497 e. The molecule has 0 radical (unpaired) electrons. The van der Waals surface area contributed by atoms with Crippen LogP contribution < -0.4 is 4.74 Å². The molecule has 0 saturated carbocycles. The fraction of sp³-hybridized carbons (Fsp3) is 0.333. The van der Waals surface area contributed by atoms with Crippen molar-refractivity contribution in [3.63, 3.8) is 0 Å². The number of ether oxygens (including phenoxy) is 1. The standard InChI is InChI=1S/C15H17BrO/c1-3-4-15(16)13-6-5-12-10-14(17-2)8-7-11(12)9-13/h5-10,15H,3-4H2,1-2H3. The van der Waals surface area contributed by atoms with E-state index < -0.39 is 0 Å². The molecule has 0 heterocycles. The first-order chi connectivity index (χ1) is 8.24. The van der Waals surface area contributed by atoms with Crippen molar-refractivity contribution >= 4 is 26.7 Å². The van der Waals surface area contributed by atoms with Gasteiger partial charge in [0.1, 0.15) is 5.75 Å². The van der Waals surface area contributed by atoms with Gasteiger partial charge in [-0.2, -0.15) is 0 Å². The second-order valence-electron chi connectivity index (χ2n) is 4.23. The van der Waals surface area contributed by atoms with Crippen LogP contribution in [0.15, 0.2) is 36.4 Å². The molecule has 17 heavy (non-hydrogen) atoms. The van der Waals surface area contributed by atoms with Gasteiger partial charge in [0.15, 0.2) is 0 Å². The van der Waals surface area contributed by atoms with Crippen molar-refractivity contribution in [1.82, 2.24) is 0 Å². The lowest BCUT2D eigenvalue weighted by atomic mass is 10.0. The second-order valence-corrected chi connectivity index (χ2v) is 5.33. The summed E-state index contributed by atoms with van der Waals surface area (Å²) in [5, 5.41) is 2.49. The Balaban J connectivity index is 2.37. The topological polar surface area (TPSA) is 9.23 Å². The van der Waals surface area contributed by atoms with E-state index in [4.69, 9.17) is 4.74 Å². The number of alkyl halides is 1. The zero-order valence-corrected chi connectivity index (χ0v) is 11.8. The van der Waals surface area contributed by atoms with Gasteiger partial charge in [-0.25, -0.2) is 0 Å². The third kappa shape index (κ3) is 2.81. The van der Waals surface area contributed by atoms with Gasteiger partial charge in [-0.05, 0) is 34.9 Å². The Morgan fingerprint density at radius 3 is 2.53 bits per heavy atom. The summed E-state index contributed by atoms with van der Waals surface area (Å²) in [6.07, 6.45) is 2.36. The van der Waals surface area contributed by atoms with Gasteiger partial charge in [-0.1, -0.05) is 53.5 Å². The molecule has 2 rings (SSSR count). The molecule has 1 atom stereocenters. The van der Waals surface area contributed by atoms with Gasteiger partial charge in [0, 0.05) is 4.83 Å². The van der Waals surface area contributed by atoms with Crippen LogP contribution in [-0.4, -0.2) is 7.11 Å². The summed E-state index contributed by atoms with van der Waals surface area (Å²) in [5.41, 5.74) is 1.35.